The summed E-state index contributed by atoms with van der Waals surface area (Å²) < 4.78 is 13.2. The fourth-order valence-corrected chi connectivity index (χ4v) is 2.01. The van der Waals surface area contributed by atoms with Crippen molar-refractivity contribution in [3.05, 3.63) is 47.5 Å². The normalized spacial score (nSPS) is 10.4. The van der Waals surface area contributed by atoms with Gasteiger partial charge in [0.2, 0.25) is 0 Å². The molecule has 2 aromatic rings. The zero-order chi connectivity index (χ0) is 14.5. The standard InChI is InChI=1S/C15H19FN4/c1-4-17-14-9-15(19-11(2)18-14)20(3)10-12-6-5-7-13(16)8-12/h5-9H,4,10H2,1-3H3,(H,17,18,19). The predicted molar refractivity (Wildman–Crippen MR) is 79.4 cm³/mol. The summed E-state index contributed by atoms with van der Waals surface area (Å²) in [7, 11) is 1.93. The van der Waals surface area contributed by atoms with Crippen molar-refractivity contribution < 1.29 is 4.39 Å². The summed E-state index contributed by atoms with van der Waals surface area (Å²) >= 11 is 0. The Labute approximate surface area is 118 Å². The minimum absolute atomic E-state index is 0.219. The molecule has 0 aliphatic carbocycles. The number of nitrogens with one attached hydrogen (secondary N) is 1. The van der Waals surface area contributed by atoms with Crippen LogP contribution in [0.2, 0.25) is 0 Å². The van der Waals surface area contributed by atoms with Gasteiger partial charge in [-0.25, -0.2) is 14.4 Å². The topological polar surface area (TPSA) is 41.0 Å². The Hall–Kier alpha value is -2.17. The van der Waals surface area contributed by atoms with Crippen molar-refractivity contribution in [1.82, 2.24) is 9.97 Å². The number of nitrogens with zero attached hydrogens (tertiary/aromatic N) is 3. The van der Waals surface area contributed by atoms with Gasteiger partial charge in [-0.05, 0) is 31.5 Å². The lowest BCUT2D eigenvalue weighted by Crippen LogP contribution is -2.19. The lowest BCUT2D eigenvalue weighted by molar-refractivity contribution is 0.625. The smallest absolute Gasteiger partial charge is 0.134 e. The molecule has 0 aliphatic rings. The van der Waals surface area contributed by atoms with Crippen LogP contribution in [0.1, 0.15) is 18.3 Å². The van der Waals surface area contributed by atoms with Gasteiger partial charge in [0.05, 0.1) is 0 Å². The summed E-state index contributed by atoms with van der Waals surface area (Å²) in [5, 5.41) is 3.18. The molecule has 0 radical (unpaired) electrons. The first kappa shape index (κ1) is 14.2. The van der Waals surface area contributed by atoms with E-state index in [1.54, 1.807) is 6.07 Å². The van der Waals surface area contributed by atoms with Crippen molar-refractivity contribution in [3.8, 4) is 0 Å². The highest BCUT2D eigenvalue weighted by Gasteiger charge is 2.07. The van der Waals surface area contributed by atoms with Crippen LogP contribution in [0.3, 0.4) is 0 Å². The highest BCUT2D eigenvalue weighted by Crippen LogP contribution is 2.17. The molecule has 2 rings (SSSR count). The van der Waals surface area contributed by atoms with Crippen LogP contribution in [0.25, 0.3) is 0 Å². The van der Waals surface area contributed by atoms with Crippen LogP contribution in [0.15, 0.2) is 30.3 Å². The summed E-state index contributed by atoms with van der Waals surface area (Å²) in [6.07, 6.45) is 0. The highest BCUT2D eigenvalue weighted by atomic mass is 19.1. The molecule has 0 atom stereocenters. The summed E-state index contributed by atoms with van der Waals surface area (Å²) in [4.78, 5) is 10.7. The van der Waals surface area contributed by atoms with Crippen molar-refractivity contribution >= 4 is 11.6 Å². The monoisotopic (exact) mass is 274 g/mol. The van der Waals surface area contributed by atoms with E-state index in [2.05, 4.69) is 15.3 Å². The SMILES string of the molecule is CCNc1cc(N(C)Cc2cccc(F)c2)nc(C)n1. The molecule has 5 heteroatoms. The van der Waals surface area contributed by atoms with Crippen molar-refractivity contribution in [1.29, 1.82) is 0 Å². The first-order valence-corrected chi connectivity index (χ1v) is 6.63. The Morgan fingerprint density at radius 2 is 2.05 bits per heavy atom. The molecule has 1 aromatic heterocycles. The largest absolute Gasteiger partial charge is 0.370 e. The van der Waals surface area contributed by atoms with E-state index in [0.29, 0.717) is 12.4 Å². The number of halogens is 1. The highest BCUT2D eigenvalue weighted by molar-refractivity contribution is 5.49. The van der Waals surface area contributed by atoms with E-state index in [-0.39, 0.29) is 5.82 Å². The number of aromatic nitrogens is 2. The van der Waals surface area contributed by atoms with Crippen LogP contribution in [-0.4, -0.2) is 23.6 Å². The molecule has 0 bridgehead atoms. The van der Waals surface area contributed by atoms with Gasteiger partial charge < -0.3 is 10.2 Å². The molecule has 106 valence electrons. The first-order valence-electron chi connectivity index (χ1n) is 6.63. The van der Waals surface area contributed by atoms with E-state index in [1.807, 2.05) is 37.9 Å². The summed E-state index contributed by atoms with van der Waals surface area (Å²) in [6, 6.07) is 8.50. The number of aryl methyl sites for hydroxylation is 1. The molecule has 0 unspecified atom stereocenters. The molecule has 0 amide bonds. The van der Waals surface area contributed by atoms with Crippen molar-refractivity contribution in [2.45, 2.75) is 20.4 Å². The van der Waals surface area contributed by atoms with Crippen LogP contribution in [0, 0.1) is 12.7 Å². The molecule has 1 aromatic carbocycles. The van der Waals surface area contributed by atoms with Gasteiger partial charge >= 0.3 is 0 Å². The summed E-state index contributed by atoms with van der Waals surface area (Å²) in [5.74, 6) is 2.12. The Morgan fingerprint density at radius 1 is 1.25 bits per heavy atom. The Kier molecular flexibility index (Phi) is 4.50. The van der Waals surface area contributed by atoms with E-state index < -0.39 is 0 Å². The van der Waals surface area contributed by atoms with Crippen LogP contribution >= 0.6 is 0 Å². The molecule has 1 heterocycles. The zero-order valence-corrected chi connectivity index (χ0v) is 12.0. The number of rotatable bonds is 5. The predicted octanol–water partition coefficient (Wildman–Crippen LogP) is 2.99. The van der Waals surface area contributed by atoms with Gasteiger partial charge in [-0.15, -0.1) is 0 Å². The Bertz CT molecular complexity index is 586. The van der Waals surface area contributed by atoms with E-state index >= 15 is 0 Å². The molecule has 1 N–H and O–H groups in total. The fraction of sp³-hybridized carbons (Fsp3) is 0.333. The quantitative estimate of drug-likeness (QED) is 0.910. The minimum atomic E-state index is -0.219. The molecular weight excluding hydrogens is 255 g/mol. The third kappa shape index (κ3) is 3.66. The Morgan fingerprint density at radius 3 is 2.75 bits per heavy atom. The third-order valence-electron chi connectivity index (χ3n) is 2.88. The number of hydrogen-bond donors (Lipinski definition) is 1. The van der Waals surface area contributed by atoms with Gasteiger partial charge in [-0.2, -0.15) is 0 Å². The van der Waals surface area contributed by atoms with Crippen LogP contribution in [0.4, 0.5) is 16.0 Å². The molecule has 0 saturated carbocycles. The second kappa shape index (κ2) is 6.32. The van der Waals surface area contributed by atoms with E-state index in [9.17, 15) is 4.39 Å². The number of benzene rings is 1. The van der Waals surface area contributed by atoms with Gasteiger partial charge in [0.25, 0.3) is 0 Å². The molecule has 4 nitrogen and oxygen atoms in total. The molecule has 20 heavy (non-hydrogen) atoms. The maximum Gasteiger partial charge on any atom is 0.134 e. The van der Waals surface area contributed by atoms with E-state index in [4.69, 9.17) is 0 Å². The first-order chi connectivity index (χ1) is 9.58. The van der Waals surface area contributed by atoms with Crippen LogP contribution in [0.5, 0.6) is 0 Å². The van der Waals surface area contributed by atoms with Crippen LogP contribution in [-0.2, 0) is 6.54 Å². The third-order valence-corrected chi connectivity index (χ3v) is 2.88. The lowest BCUT2D eigenvalue weighted by atomic mass is 10.2. The Balaban J connectivity index is 2.18. The van der Waals surface area contributed by atoms with E-state index in [1.165, 1.54) is 12.1 Å². The second-order valence-corrected chi connectivity index (χ2v) is 4.67. The van der Waals surface area contributed by atoms with Gasteiger partial charge in [0.1, 0.15) is 23.3 Å². The number of hydrogen-bond acceptors (Lipinski definition) is 4. The molecule has 0 spiro atoms. The average molecular weight is 274 g/mol. The lowest BCUT2D eigenvalue weighted by Gasteiger charge is -2.19. The minimum Gasteiger partial charge on any atom is -0.370 e. The molecule has 0 aliphatic heterocycles. The van der Waals surface area contributed by atoms with E-state index in [0.717, 1.165) is 23.7 Å². The maximum atomic E-state index is 13.2. The fourth-order valence-electron chi connectivity index (χ4n) is 2.01. The summed E-state index contributed by atoms with van der Waals surface area (Å²) in [6.45, 7) is 5.29. The average Bonchev–Trinajstić information content (AvgIpc) is 2.38. The van der Waals surface area contributed by atoms with Gasteiger partial charge in [0, 0.05) is 26.2 Å². The second-order valence-electron chi connectivity index (χ2n) is 4.67. The van der Waals surface area contributed by atoms with Gasteiger partial charge in [-0.1, -0.05) is 12.1 Å². The van der Waals surface area contributed by atoms with Crippen molar-refractivity contribution in [2.75, 3.05) is 23.8 Å². The zero-order valence-electron chi connectivity index (χ0n) is 12.0. The maximum absolute atomic E-state index is 13.2. The molecule has 0 fully saturated rings. The van der Waals surface area contributed by atoms with Gasteiger partial charge in [0.15, 0.2) is 0 Å². The van der Waals surface area contributed by atoms with Crippen molar-refractivity contribution in [2.24, 2.45) is 0 Å². The number of anilines is 2. The molecular formula is C15H19FN4. The van der Waals surface area contributed by atoms with Gasteiger partial charge in [-0.3, -0.25) is 0 Å². The van der Waals surface area contributed by atoms with Crippen molar-refractivity contribution in [3.63, 3.8) is 0 Å². The van der Waals surface area contributed by atoms with Crippen LogP contribution < -0.4 is 10.2 Å². The summed E-state index contributed by atoms with van der Waals surface area (Å²) in [5.41, 5.74) is 0.911. The molecule has 0 saturated heterocycles.